The van der Waals surface area contributed by atoms with E-state index in [1.165, 1.54) is 0 Å². The molecule has 84 valence electrons. The molecule has 0 heterocycles. The van der Waals surface area contributed by atoms with Crippen LogP contribution >= 0.6 is 35.6 Å². The maximum atomic E-state index is 11.8. The number of Topliss-reactive ketones (excluding diaryl/α,β-unsaturated/α-hetero) is 1. The van der Waals surface area contributed by atoms with Gasteiger partial charge in [-0.3, -0.25) is 4.79 Å². The molecule has 1 aromatic carbocycles. The second-order valence-corrected chi connectivity index (χ2v) is 3.65. The summed E-state index contributed by atoms with van der Waals surface area (Å²) in [5.74, 6) is -0.183. The first-order chi connectivity index (χ1) is 6.64. The Morgan fingerprint density at radius 3 is 2.07 bits per heavy atom. The van der Waals surface area contributed by atoms with Crippen LogP contribution < -0.4 is 5.73 Å². The van der Waals surface area contributed by atoms with Crippen LogP contribution in [0.25, 0.3) is 0 Å². The zero-order valence-electron chi connectivity index (χ0n) is 7.95. The lowest BCUT2D eigenvalue weighted by Gasteiger charge is -2.22. The number of hydrogen-bond donors (Lipinski definition) is 1. The van der Waals surface area contributed by atoms with Crippen LogP contribution in [0.4, 0.5) is 0 Å². The van der Waals surface area contributed by atoms with E-state index in [2.05, 4.69) is 0 Å². The Labute approximate surface area is 105 Å². The third kappa shape index (κ3) is 3.35. The summed E-state index contributed by atoms with van der Waals surface area (Å²) in [6.07, 6.45) is 0. The van der Waals surface area contributed by atoms with Crippen molar-refractivity contribution in [2.24, 2.45) is 5.73 Å². The highest BCUT2D eigenvalue weighted by Crippen LogP contribution is 2.14. The molecule has 1 rings (SSSR count). The fourth-order valence-electron chi connectivity index (χ4n) is 1.03. The molecule has 0 radical (unpaired) electrons. The first-order valence-electron chi connectivity index (χ1n) is 4.15. The summed E-state index contributed by atoms with van der Waals surface area (Å²) in [5, 5.41) is 0. The maximum absolute atomic E-state index is 11.8. The fraction of sp³-hybridized carbons (Fsp3) is 0.300. The van der Waals surface area contributed by atoms with Crippen LogP contribution in [0.5, 0.6) is 0 Å². The topological polar surface area (TPSA) is 43.1 Å². The standard InChI is InChI=1S/C10H11Cl2NO.ClH/c11-6-10(13,7-12)9(14)8-4-2-1-3-5-8;/h1-5H,6-7,13H2;1H. The van der Waals surface area contributed by atoms with Crippen LogP contribution in [0.1, 0.15) is 10.4 Å². The molecule has 0 saturated heterocycles. The van der Waals surface area contributed by atoms with E-state index in [1.54, 1.807) is 24.3 Å². The van der Waals surface area contributed by atoms with Gasteiger partial charge in [0.25, 0.3) is 0 Å². The molecule has 15 heavy (non-hydrogen) atoms. The van der Waals surface area contributed by atoms with Crippen molar-refractivity contribution in [1.29, 1.82) is 0 Å². The zero-order valence-corrected chi connectivity index (χ0v) is 10.3. The molecular formula is C10H12Cl3NO. The van der Waals surface area contributed by atoms with Crippen LogP contribution in [-0.2, 0) is 0 Å². The van der Waals surface area contributed by atoms with Crippen molar-refractivity contribution in [3.05, 3.63) is 35.9 Å². The van der Waals surface area contributed by atoms with Crippen LogP contribution in [0, 0.1) is 0 Å². The Bertz CT molecular complexity index is 312. The Morgan fingerprint density at radius 2 is 1.67 bits per heavy atom. The molecule has 5 heteroatoms. The quantitative estimate of drug-likeness (QED) is 0.673. The molecule has 2 nitrogen and oxygen atoms in total. The van der Waals surface area contributed by atoms with Crippen molar-refractivity contribution in [3.8, 4) is 0 Å². The molecular weight excluding hydrogens is 256 g/mol. The van der Waals surface area contributed by atoms with Crippen LogP contribution in [0.15, 0.2) is 30.3 Å². The number of carbonyl (C=O) groups excluding carboxylic acids is 1. The molecule has 0 aliphatic carbocycles. The van der Waals surface area contributed by atoms with E-state index in [-0.39, 0.29) is 30.0 Å². The molecule has 0 amide bonds. The lowest BCUT2D eigenvalue weighted by molar-refractivity contribution is 0.0918. The van der Waals surface area contributed by atoms with Crippen LogP contribution in [-0.4, -0.2) is 23.1 Å². The zero-order chi connectivity index (χ0) is 10.6. The lowest BCUT2D eigenvalue weighted by atomic mass is 9.94. The summed E-state index contributed by atoms with van der Waals surface area (Å²) >= 11 is 11.2. The molecule has 0 atom stereocenters. The average Bonchev–Trinajstić information content (AvgIpc) is 2.28. The van der Waals surface area contributed by atoms with Gasteiger partial charge in [0, 0.05) is 17.3 Å². The summed E-state index contributed by atoms with van der Waals surface area (Å²) in [5.41, 5.74) is 5.13. The van der Waals surface area contributed by atoms with Crippen molar-refractivity contribution in [1.82, 2.24) is 0 Å². The van der Waals surface area contributed by atoms with Gasteiger partial charge in [0.1, 0.15) is 5.54 Å². The highest BCUT2D eigenvalue weighted by atomic mass is 35.5. The number of benzene rings is 1. The summed E-state index contributed by atoms with van der Waals surface area (Å²) in [7, 11) is 0. The number of nitrogens with two attached hydrogens (primary N) is 1. The largest absolute Gasteiger partial charge is 0.317 e. The first-order valence-corrected chi connectivity index (χ1v) is 5.21. The number of ketones is 1. The van der Waals surface area contributed by atoms with Gasteiger partial charge in [0.05, 0.1) is 0 Å². The first kappa shape index (κ1) is 14.7. The van der Waals surface area contributed by atoms with E-state index in [0.717, 1.165) is 0 Å². The average molecular weight is 269 g/mol. The van der Waals surface area contributed by atoms with E-state index < -0.39 is 5.54 Å². The van der Waals surface area contributed by atoms with E-state index >= 15 is 0 Å². The highest BCUT2D eigenvalue weighted by Gasteiger charge is 2.32. The Hall–Kier alpha value is -0.280. The smallest absolute Gasteiger partial charge is 0.185 e. The lowest BCUT2D eigenvalue weighted by Crippen LogP contribution is -2.51. The van der Waals surface area contributed by atoms with E-state index in [4.69, 9.17) is 28.9 Å². The van der Waals surface area contributed by atoms with Crippen LogP contribution in [0.2, 0.25) is 0 Å². The highest BCUT2D eigenvalue weighted by molar-refractivity contribution is 6.27. The molecule has 1 aromatic rings. The molecule has 0 spiro atoms. The number of rotatable bonds is 4. The molecule has 0 aliphatic heterocycles. The van der Waals surface area contributed by atoms with Gasteiger partial charge in [0.2, 0.25) is 0 Å². The minimum absolute atomic E-state index is 0. The van der Waals surface area contributed by atoms with Gasteiger partial charge in [-0.15, -0.1) is 35.6 Å². The van der Waals surface area contributed by atoms with E-state index in [0.29, 0.717) is 5.56 Å². The van der Waals surface area contributed by atoms with Gasteiger partial charge < -0.3 is 5.73 Å². The third-order valence-electron chi connectivity index (χ3n) is 1.97. The monoisotopic (exact) mass is 267 g/mol. The molecule has 0 bridgehead atoms. The third-order valence-corrected chi connectivity index (χ3v) is 2.92. The number of carbonyl (C=O) groups is 1. The normalized spacial score (nSPS) is 10.6. The minimum atomic E-state index is -1.16. The second kappa shape index (κ2) is 6.33. The Morgan fingerprint density at radius 1 is 1.20 bits per heavy atom. The van der Waals surface area contributed by atoms with Gasteiger partial charge >= 0.3 is 0 Å². The van der Waals surface area contributed by atoms with Crippen LogP contribution in [0.3, 0.4) is 0 Å². The van der Waals surface area contributed by atoms with E-state index in [1.807, 2.05) is 6.07 Å². The van der Waals surface area contributed by atoms with Gasteiger partial charge in [-0.1, -0.05) is 30.3 Å². The fourth-order valence-corrected chi connectivity index (χ4v) is 1.56. The summed E-state index contributed by atoms with van der Waals surface area (Å²) in [6.45, 7) is 0. The molecule has 0 aromatic heterocycles. The summed E-state index contributed by atoms with van der Waals surface area (Å²) in [6, 6.07) is 8.77. The summed E-state index contributed by atoms with van der Waals surface area (Å²) in [4.78, 5) is 11.8. The Balaban J connectivity index is 0.00000196. The van der Waals surface area contributed by atoms with Crippen molar-refractivity contribution in [3.63, 3.8) is 0 Å². The molecule has 0 unspecified atom stereocenters. The number of hydrogen-bond acceptors (Lipinski definition) is 2. The van der Waals surface area contributed by atoms with Crippen molar-refractivity contribution in [2.45, 2.75) is 5.54 Å². The maximum Gasteiger partial charge on any atom is 0.185 e. The predicted molar refractivity (Wildman–Crippen MR) is 66.4 cm³/mol. The number of halogens is 3. The molecule has 0 aliphatic rings. The number of alkyl halides is 2. The van der Waals surface area contributed by atoms with Gasteiger partial charge in [-0.2, -0.15) is 0 Å². The van der Waals surface area contributed by atoms with Crippen molar-refractivity contribution < 1.29 is 4.79 Å². The van der Waals surface area contributed by atoms with Crippen molar-refractivity contribution >= 4 is 41.4 Å². The van der Waals surface area contributed by atoms with Gasteiger partial charge in [0.15, 0.2) is 5.78 Å². The predicted octanol–water partition coefficient (Wildman–Crippen LogP) is 2.47. The minimum Gasteiger partial charge on any atom is -0.317 e. The molecule has 0 saturated carbocycles. The molecule has 0 fully saturated rings. The summed E-state index contributed by atoms with van der Waals surface area (Å²) < 4.78 is 0. The Kier molecular flexibility index (Phi) is 6.22. The second-order valence-electron chi connectivity index (χ2n) is 3.12. The molecule has 2 N–H and O–H groups in total. The van der Waals surface area contributed by atoms with Gasteiger partial charge in [-0.25, -0.2) is 0 Å². The van der Waals surface area contributed by atoms with Crippen molar-refractivity contribution in [2.75, 3.05) is 11.8 Å². The van der Waals surface area contributed by atoms with E-state index in [9.17, 15) is 4.79 Å². The SMILES string of the molecule is Cl.NC(CCl)(CCl)C(=O)c1ccccc1. The van der Waals surface area contributed by atoms with Gasteiger partial charge in [-0.05, 0) is 0 Å².